The SMILES string of the molecule is c1ccc2c(c1)nc1n(-c3ccc4c(c3)c3ccccc3n4-c3ccc4oc5ncccc5c4c3)c3ccccc3n21. The summed E-state index contributed by atoms with van der Waals surface area (Å²) in [6, 6.07) is 42.6. The van der Waals surface area contributed by atoms with Gasteiger partial charge in [-0.3, -0.25) is 8.97 Å². The van der Waals surface area contributed by atoms with E-state index in [0.29, 0.717) is 5.71 Å². The Balaban J connectivity index is 1.27. The lowest BCUT2D eigenvalue weighted by Crippen LogP contribution is -1.96. The molecular formula is C36H21N5O. The number of para-hydroxylation sites is 5. The minimum Gasteiger partial charge on any atom is -0.438 e. The number of rotatable bonds is 2. The van der Waals surface area contributed by atoms with Crippen molar-refractivity contribution in [1.82, 2.24) is 23.5 Å². The maximum Gasteiger partial charge on any atom is 0.227 e. The van der Waals surface area contributed by atoms with Gasteiger partial charge < -0.3 is 8.98 Å². The van der Waals surface area contributed by atoms with E-state index >= 15 is 0 Å². The highest BCUT2D eigenvalue weighted by atomic mass is 16.3. The Kier molecular flexibility index (Phi) is 4.10. The Labute approximate surface area is 238 Å². The molecule has 0 aliphatic rings. The molecule has 196 valence electrons. The molecule has 0 fully saturated rings. The third-order valence-corrected chi connectivity index (χ3v) is 8.51. The molecule has 6 nitrogen and oxygen atoms in total. The Morgan fingerprint density at radius 2 is 1.19 bits per heavy atom. The normalized spacial score (nSPS) is 12.3. The molecule has 10 rings (SSSR count). The highest BCUT2D eigenvalue weighted by Crippen LogP contribution is 2.37. The van der Waals surface area contributed by atoms with Gasteiger partial charge in [-0.2, -0.15) is 0 Å². The van der Waals surface area contributed by atoms with Crippen LogP contribution < -0.4 is 0 Å². The summed E-state index contributed by atoms with van der Waals surface area (Å²) < 4.78 is 12.9. The summed E-state index contributed by atoms with van der Waals surface area (Å²) >= 11 is 0. The van der Waals surface area contributed by atoms with Crippen LogP contribution in [0.25, 0.3) is 83.1 Å². The summed E-state index contributed by atoms with van der Waals surface area (Å²) in [5, 5.41) is 4.47. The fourth-order valence-electron chi connectivity index (χ4n) is 6.72. The van der Waals surface area contributed by atoms with E-state index in [0.717, 1.165) is 66.6 Å². The average molecular weight is 540 g/mol. The monoisotopic (exact) mass is 539 g/mol. The Hall–Kier alpha value is -5.88. The Bertz CT molecular complexity index is 2700. The molecule has 5 aromatic heterocycles. The van der Waals surface area contributed by atoms with E-state index < -0.39 is 0 Å². The first-order chi connectivity index (χ1) is 20.8. The van der Waals surface area contributed by atoms with Gasteiger partial charge in [-0.1, -0.05) is 42.5 Å². The van der Waals surface area contributed by atoms with Crippen molar-refractivity contribution in [3.05, 3.63) is 128 Å². The zero-order valence-corrected chi connectivity index (χ0v) is 22.3. The molecule has 0 saturated heterocycles. The molecule has 0 amide bonds. The van der Waals surface area contributed by atoms with Gasteiger partial charge in [0.15, 0.2) is 0 Å². The van der Waals surface area contributed by atoms with Crippen LogP contribution in [-0.2, 0) is 0 Å². The van der Waals surface area contributed by atoms with E-state index in [2.05, 4.69) is 122 Å². The molecule has 0 N–H and O–H groups in total. The second-order valence-corrected chi connectivity index (χ2v) is 10.8. The van der Waals surface area contributed by atoms with E-state index in [-0.39, 0.29) is 0 Å². The second-order valence-electron chi connectivity index (χ2n) is 10.8. The predicted molar refractivity (Wildman–Crippen MR) is 169 cm³/mol. The molecule has 5 aromatic carbocycles. The fraction of sp³-hybridized carbons (Fsp3) is 0. The van der Waals surface area contributed by atoms with Gasteiger partial charge in [0.2, 0.25) is 11.5 Å². The molecule has 0 spiro atoms. The molecule has 0 saturated carbocycles. The zero-order chi connectivity index (χ0) is 27.4. The van der Waals surface area contributed by atoms with Crippen LogP contribution >= 0.6 is 0 Å². The topological polar surface area (TPSA) is 53.2 Å². The quantitative estimate of drug-likeness (QED) is 0.221. The zero-order valence-electron chi connectivity index (χ0n) is 22.3. The van der Waals surface area contributed by atoms with Crippen molar-refractivity contribution < 1.29 is 4.42 Å². The van der Waals surface area contributed by atoms with Crippen LogP contribution in [0.2, 0.25) is 0 Å². The van der Waals surface area contributed by atoms with Gasteiger partial charge >= 0.3 is 0 Å². The molecule has 0 radical (unpaired) electrons. The number of pyridine rings is 1. The van der Waals surface area contributed by atoms with E-state index in [1.807, 2.05) is 18.2 Å². The lowest BCUT2D eigenvalue weighted by Gasteiger charge is -2.09. The number of nitrogens with zero attached hydrogens (tertiary/aromatic N) is 5. The van der Waals surface area contributed by atoms with Crippen LogP contribution in [-0.4, -0.2) is 23.5 Å². The van der Waals surface area contributed by atoms with Crippen LogP contribution in [0.5, 0.6) is 0 Å². The predicted octanol–water partition coefficient (Wildman–Crippen LogP) is 8.82. The molecule has 0 atom stereocenters. The van der Waals surface area contributed by atoms with Gasteiger partial charge in [-0.05, 0) is 78.9 Å². The van der Waals surface area contributed by atoms with Gasteiger partial charge in [0.1, 0.15) is 5.58 Å². The maximum atomic E-state index is 6.02. The van der Waals surface area contributed by atoms with Crippen molar-refractivity contribution >= 4 is 71.7 Å². The van der Waals surface area contributed by atoms with E-state index in [1.54, 1.807) is 6.20 Å². The third-order valence-electron chi connectivity index (χ3n) is 8.51. The molecule has 0 aliphatic heterocycles. The molecule has 5 heterocycles. The van der Waals surface area contributed by atoms with Crippen LogP contribution in [0.15, 0.2) is 132 Å². The number of benzene rings is 5. The summed E-state index contributed by atoms with van der Waals surface area (Å²) in [7, 11) is 0. The lowest BCUT2D eigenvalue weighted by atomic mass is 10.1. The van der Waals surface area contributed by atoms with Gasteiger partial charge in [-0.15, -0.1) is 0 Å². The van der Waals surface area contributed by atoms with E-state index in [1.165, 1.54) is 10.8 Å². The van der Waals surface area contributed by atoms with Crippen molar-refractivity contribution in [3.63, 3.8) is 0 Å². The highest BCUT2D eigenvalue weighted by Gasteiger charge is 2.19. The fourth-order valence-corrected chi connectivity index (χ4v) is 6.72. The van der Waals surface area contributed by atoms with Gasteiger partial charge in [0.25, 0.3) is 0 Å². The van der Waals surface area contributed by atoms with Crippen molar-refractivity contribution in [3.8, 4) is 11.4 Å². The third kappa shape index (κ3) is 2.78. The van der Waals surface area contributed by atoms with Crippen LogP contribution in [0.3, 0.4) is 0 Å². The molecular weight excluding hydrogens is 518 g/mol. The van der Waals surface area contributed by atoms with Gasteiger partial charge in [0.05, 0.1) is 33.1 Å². The standard InChI is InChI=1S/C36H21N5O/c1-3-11-29-24(8-1)26-20-23(40-32-13-5-6-14-33(32)41-31-12-4-2-10-28(31)38-36(40)41)15-17-30(26)39(29)22-16-18-34-27(21-22)25-9-7-19-37-35(25)42-34/h1-21H. The van der Waals surface area contributed by atoms with Crippen molar-refractivity contribution in [2.45, 2.75) is 0 Å². The number of imidazole rings is 2. The minimum atomic E-state index is 0.661. The van der Waals surface area contributed by atoms with Crippen LogP contribution in [0, 0.1) is 0 Å². The van der Waals surface area contributed by atoms with Crippen LogP contribution in [0.4, 0.5) is 0 Å². The smallest absolute Gasteiger partial charge is 0.227 e. The molecule has 42 heavy (non-hydrogen) atoms. The number of hydrogen-bond acceptors (Lipinski definition) is 3. The van der Waals surface area contributed by atoms with E-state index in [4.69, 9.17) is 9.40 Å². The van der Waals surface area contributed by atoms with Gasteiger partial charge in [-0.25, -0.2) is 9.97 Å². The van der Waals surface area contributed by atoms with Crippen molar-refractivity contribution in [1.29, 1.82) is 0 Å². The molecule has 10 aromatic rings. The van der Waals surface area contributed by atoms with Crippen LogP contribution in [0.1, 0.15) is 0 Å². The van der Waals surface area contributed by atoms with Crippen molar-refractivity contribution in [2.24, 2.45) is 0 Å². The van der Waals surface area contributed by atoms with Gasteiger partial charge in [0, 0.05) is 39.1 Å². The summed E-state index contributed by atoms with van der Waals surface area (Å²) in [5.41, 5.74) is 10.3. The first kappa shape index (κ1) is 21.9. The number of hydrogen-bond donors (Lipinski definition) is 0. The van der Waals surface area contributed by atoms with Crippen molar-refractivity contribution in [2.75, 3.05) is 0 Å². The molecule has 6 heteroatoms. The summed E-state index contributed by atoms with van der Waals surface area (Å²) in [6.07, 6.45) is 1.77. The summed E-state index contributed by atoms with van der Waals surface area (Å²) in [4.78, 5) is 9.50. The van der Waals surface area contributed by atoms with E-state index in [9.17, 15) is 0 Å². The second kappa shape index (κ2) is 7.86. The summed E-state index contributed by atoms with van der Waals surface area (Å²) in [6.45, 7) is 0. The lowest BCUT2D eigenvalue weighted by molar-refractivity contribution is 0.654. The Morgan fingerprint density at radius 1 is 0.500 bits per heavy atom. The first-order valence-corrected chi connectivity index (χ1v) is 14.0. The number of furan rings is 1. The number of aromatic nitrogens is 5. The Morgan fingerprint density at radius 3 is 2.12 bits per heavy atom. The largest absolute Gasteiger partial charge is 0.438 e. The average Bonchev–Trinajstić information content (AvgIpc) is 3.77. The summed E-state index contributed by atoms with van der Waals surface area (Å²) in [5.74, 6) is 0.909. The maximum absolute atomic E-state index is 6.02. The first-order valence-electron chi connectivity index (χ1n) is 14.0. The molecule has 0 bridgehead atoms. The molecule has 0 unspecified atom stereocenters. The molecule has 0 aliphatic carbocycles. The minimum absolute atomic E-state index is 0.661. The highest BCUT2D eigenvalue weighted by molar-refractivity contribution is 6.11. The number of fused-ring (bicyclic) bond motifs is 11.